The van der Waals surface area contributed by atoms with E-state index in [-0.39, 0.29) is 12.5 Å². The summed E-state index contributed by atoms with van der Waals surface area (Å²) in [4.78, 5) is 37.4. The number of benzene rings is 1. The maximum absolute atomic E-state index is 11.9. The Morgan fingerprint density at radius 1 is 1.22 bits per heavy atom. The highest BCUT2D eigenvalue weighted by atomic mass is 16.5. The summed E-state index contributed by atoms with van der Waals surface area (Å²) in [6, 6.07) is 6.30. The normalized spacial score (nSPS) is 15.3. The number of rotatable bonds is 7. The van der Waals surface area contributed by atoms with Crippen molar-refractivity contribution in [1.29, 1.82) is 0 Å². The van der Waals surface area contributed by atoms with E-state index in [2.05, 4.69) is 5.32 Å². The van der Waals surface area contributed by atoms with Crippen LogP contribution in [0.2, 0.25) is 0 Å². The third-order valence-electron chi connectivity index (χ3n) is 3.96. The fraction of sp³-hybridized carbons (Fsp3) is 0.421. The quantitative estimate of drug-likeness (QED) is 0.554. The van der Waals surface area contributed by atoms with E-state index in [0.717, 1.165) is 11.3 Å². The molecule has 1 aromatic rings. The molecule has 1 aliphatic rings. The number of esters is 1. The first-order valence-corrected chi connectivity index (χ1v) is 8.64. The van der Waals surface area contributed by atoms with Gasteiger partial charge in [0.2, 0.25) is 5.91 Å². The fourth-order valence-electron chi connectivity index (χ4n) is 2.37. The number of carbonyl (C=O) groups excluding carboxylic acids is 3. The molecule has 0 saturated carbocycles. The molecule has 2 amide bonds. The van der Waals surface area contributed by atoms with Crippen molar-refractivity contribution >= 4 is 23.9 Å². The molecule has 1 heterocycles. The number of morpholine rings is 1. The number of hydrogen-bond donors (Lipinski definition) is 1. The van der Waals surface area contributed by atoms with E-state index in [9.17, 15) is 14.4 Å². The Morgan fingerprint density at radius 2 is 1.89 bits per heavy atom. The summed E-state index contributed by atoms with van der Waals surface area (Å²) >= 11 is 0. The highest BCUT2D eigenvalue weighted by molar-refractivity contribution is 5.94. The van der Waals surface area contributed by atoms with Gasteiger partial charge in [-0.15, -0.1) is 0 Å². The largest absolute Gasteiger partial charge is 0.497 e. The molecule has 0 aliphatic carbocycles. The summed E-state index contributed by atoms with van der Waals surface area (Å²) in [5, 5.41) is 2.51. The summed E-state index contributed by atoms with van der Waals surface area (Å²) in [6.07, 6.45) is 2.94. The van der Waals surface area contributed by atoms with Gasteiger partial charge in [0.15, 0.2) is 6.61 Å². The fourth-order valence-corrected chi connectivity index (χ4v) is 2.37. The van der Waals surface area contributed by atoms with Crippen LogP contribution in [0.5, 0.6) is 5.75 Å². The third-order valence-corrected chi connectivity index (χ3v) is 3.96. The first kappa shape index (κ1) is 20.4. The van der Waals surface area contributed by atoms with Crippen LogP contribution >= 0.6 is 0 Å². The van der Waals surface area contributed by atoms with Crippen LogP contribution in [0.4, 0.5) is 0 Å². The molecule has 1 N–H and O–H groups in total. The number of carbonyl (C=O) groups is 3. The van der Waals surface area contributed by atoms with Crippen molar-refractivity contribution in [3.8, 4) is 5.75 Å². The van der Waals surface area contributed by atoms with Crippen molar-refractivity contribution in [2.75, 3.05) is 40.0 Å². The number of hydrogen-bond acceptors (Lipinski definition) is 6. The molecule has 1 fully saturated rings. The van der Waals surface area contributed by atoms with E-state index in [0.29, 0.717) is 26.3 Å². The topological polar surface area (TPSA) is 94.2 Å². The van der Waals surface area contributed by atoms with Gasteiger partial charge < -0.3 is 24.4 Å². The second kappa shape index (κ2) is 10.3. The molecule has 1 aromatic carbocycles. The third kappa shape index (κ3) is 6.74. The molecular formula is C19H24N2O6. The predicted molar refractivity (Wildman–Crippen MR) is 98.0 cm³/mol. The molecule has 27 heavy (non-hydrogen) atoms. The van der Waals surface area contributed by atoms with Gasteiger partial charge in [-0.25, -0.2) is 4.79 Å². The van der Waals surface area contributed by atoms with E-state index >= 15 is 0 Å². The zero-order valence-corrected chi connectivity index (χ0v) is 15.5. The Bertz CT molecular complexity index is 680. The van der Waals surface area contributed by atoms with E-state index in [1.807, 2.05) is 0 Å². The number of nitrogens with one attached hydrogen (secondary N) is 1. The van der Waals surface area contributed by atoms with Crippen LogP contribution in [0.3, 0.4) is 0 Å². The van der Waals surface area contributed by atoms with Gasteiger partial charge in [0.1, 0.15) is 11.8 Å². The average molecular weight is 376 g/mol. The van der Waals surface area contributed by atoms with Gasteiger partial charge >= 0.3 is 5.97 Å². The number of amides is 2. The van der Waals surface area contributed by atoms with Crippen LogP contribution in [0.15, 0.2) is 30.3 Å². The Morgan fingerprint density at radius 3 is 2.52 bits per heavy atom. The Balaban J connectivity index is 1.74. The molecule has 8 heteroatoms. The van der Waals surface area contributed by atoms with Gasteiger partial charge in [-0.05, 0) is 30.7 Å². The lowest BCUT2D eigenvalue weighted by Gasteiger charge is -2.26. The van der Waals surface area contributed by atoms with Crippen molar-refractivity contribution in [3.05, 3.63) is 35.9 Å². The molecular weight excluding hydrogens is 352 g/mol. The van der Waals surface area contributed by atoms with Crippen molar-refractivity contribution < 1.29 is 28.6 Å². The van der Waals surface area contributed by atoms with Crippen molar-refractivity contribution in [3.63, 3.8) is 0 Å². The standard InChI is InChI=1S/C19H24N2O6/c1-14(19(24)27-13-18(23)21-9-11-26-12-10-21)20-17(22)8-5-15-3-6-16(25-2)7-4-15/h3-8,14H,9-13H2,1-2H3,(H,20,22). The summed E-state index contributed by atoms with van der Waals surface area (Å²) in [5.41, 5.74) is 0.817. The summed E-state index contributed by atoms with van der Waals surface area (Å²) in [5.74, 6) is -0.651. The minimum Gasteiger partial charge on any atom is -0.497 e. The van der Waals surface area contributed by atoms with Gasteiger partial charge in [0.05, 0.1) is 20.3 Å². The minimum absolute atomic E-state index is 0.274. The highest BCUT2D eigenvalue weighted by Gasteiger charge is 2.21. The predicted octanol–water partition coefficient (Wildman–Crippen LogP) is 0.615. The van der Waals surface area contributed by atoms with Gasteiger partial charge in [0, 0.05) is 19.2 Å². The molecule has 1 unspecified atom stereocenters. The summed E-state index contributed by atoms with van der Waals surface area (Å²) < 4.78 is 15.2. The smallest absolute Gasteiger partial charge is 0.328 e. The van der Waals surface area contributed by atoms with Crippen LogP contribution in [-0.4, -0.2) is 68.7 Å². The number of ether oxygens (including phenoxy) is 3. The van der Waals surface area contributed by atoms with Crippen LogP contribution < -0.4 is 10.1 Å². The molecule has 146 valence electrons. The van der Waals surface area contributed by atoms with Crippen LogP contribution in [0, 0.1) is 0 Å². The average Bonchev–Trinajstić information content (AvgIpc) is 2.71. The molecule has 0 radical (unpaired) electrons. The minimum atomic E-state index is -0.865. The summed E-state index contributed by atoms with van der Waals surface area (Å²) in [6.45, 7) is 3.08. The van der Waals surface area contributed by atoms with Crippen LogP contribution in [-0.2, 0) is 23.9 Å². The van der Waals surface area contributed by atoms with Crippen molar-refractivity contribution in [2.45, 2.75) is 13.0 Å². The van der Waals surface area contributed by atoms with Gasteiger partial charge in [0.25, 0.3) is 5.91 Å². The second-order valence-electron chi connectivity index (χ2n) is 5.94. The van der Waals surface area contributed by atoms with E-state index in [1.165, 1.54) is 13.0 Å². The Hall–Kier alpha value is -2.87. The summed E-state index contributed by atoms with van der Waals surface area (Å²) in [7, 11) is 1.58. The molecule has 2 rings (SSSR count). The first-order chi connectivity index (χ1) is 13.0. The van der Waals surface area contributed by atoms with Crippen molar-refractivity contribution in [2.24, 2.45) is 0 Å². The highest BCUT2D eigenvalue weighted by Crippen LogP contribution is 2.12. The molecule has 1 atom stereocenters. The SMILES string of the molecule is COc1ccc(C=CC(=O)NC(C)C(=O)OCC(=O)N2CCOCC2)cc1. The molecule has 1 saturated heterocycles. The zero-order valence-electron chi connectivity index (χ0n) is 15.5. The maximum Gasteiger partial charge on any atom is 0.328 e. The molecule has 8 nitrogen and oxygen atoms in total. The zero-order chi connectivity index (χ0) is 19.6. The second-order valence-corrected chi connectivity index (χ2v) is 5.94. The van der Waals surface area contributed by atoms with E-state index in [4.69, 9.17) is 14.2 Å². The van der Waals surface area contributed by atoms with Crippen LogP contribution in [0.25, 0.3) is 6.08 Å². The van der Waals surface area contributed by atoms with Crippen LogP contribution in [0.1, 0.15) is 12.5 Å². The lowest BCUT2D eigenvalue weighted by Crippen LogP contribution is -2.44. The first-order valence-electron chi connectivity index (χ1n) is 8.64. The number of nitrogens with zero attached hydrogens (tertiary/aromatic N) is 1. The lowest BCUT2D eigenvalue weighted by atomic mass is 10.2. The molecule has 0 bridgehead atoms. The van der Waals surface area contributed by atoms with Crippen molar-refractivity contribution in [1.82, 2.24) is 10.2 Å². The number of methoxy groups -OCH3 is 1. The Labute approximate surface area is 158 Å². The van der Waals surface area contributed by atoms with Gasteiger partial charge in [-0.2, -0.15) is 0 Å². The van der Waals surface area contributed by atoms with E-state index in [1.54, 1.807) is 42.4 Å². The van der Waals surface area contributed by atoms with Gasteiger partial charge in [-0.3, -0.25) is 9.59 Å². The monoisotopic (exact) mass is 376 g/mol. The maximum atomic E-state index is 11.9. The van der Waals surface area contributed by atoms with Gasteiger partial charge in [-0.1, -0.05) is 12.1 Å². The van der Waals surface area contributed by atoms with E-state index < -0.39 is 17.9 Å². The lowest BCUT2D eigenvalue weighted by molar-refractivity contribution is -0.155. The Kier molecular flexibility index (Phi) is 7.81. The molecule has 0 aromatic heterocycles. The molecule has 1 aliphatic heterocycles. The molecule has 0 spiro atoms.